The second-order valence-electron chi connectivity index (χ2n) is 6.88. The van der Waals surface area contributed by atoms with Gasteiger partial charge in [0.1, 0.15) is 5.82 Å². The van der Waals surface area contributed by atoms with Gasteiger partial charge in [-0.15, -0.1) is 0 Å². The lowest BCUT2D eigenvalue weighted by Crippen LogP contribution is -2.42. The van der Waals surface area contributed by atoms with E-state index in [-0.39, 0.29) is 41.4 Å². The summed E-state index contributed by atoms with van der Waals surface area (Å²) in [5, 5.41) is 2.83. The molecule has 0 saturated heterocycles. The molecule has 0 spiro atoms. The molecule has 1 atom stereocenters. The number of carbonyl (C=O) groups excluding carboxylic acids is 1. The molecule has 0 radical (unpaired) electrons. The first-order valence-electron chi connectivity index (χ1n) is 9.71. The van der Waals surface area contributed by atoms with Crippen molar-refractivity contribution in [3.8, 4) is 11.4 Å². The number of rotatable bonds is 7. The van der Waals surface area contributed by atoms with Crippen molar-refractivity contribution < 1.29 is 22.4 Å². The molecule has 0 aliphatic rings. The molecule has 1 N–H and O–H groups in total. The van der Waals surface area contributed by atoms with Gasteiger partial charge in [0, 0.05) is 49.5 Å². The fourth-order valence-corrected chi connectivity index (χ4v) is 3.05. The van der Waals surface area contributed by atoms with Gasteiger partial charge in [-0.2, -0.15) is 13.2 Å². The number of likely N-dealkylation sites (N-methyl/N-ethyl adjacent to an activating group) is 1. The first-order valence-corrected chi connectivity index (χ1v) is 9.71. The fourth-order valence-electron chi connectivity index (χ4n) is 3.05. The van der Waals surface area contributed by atoms with E-state index in [9.17, 15) is 22.4 Å². The number of nitrogens with zero attached hydrogens (tertiary/aromatic N) is 5. The van der Waals surface area contributed by atoms with Crippen LogP contribution in [-0.2, 0) is 6.18 Å². The number of hydrogen-bond acceptors (Lipinski definition) is 6. The zero-order chi connectivity index (χ0) is 23.3. The highest BCUT2D eigenvalue weighted by molar-refractivity contribution is 6.00. The zero-order valence-corrected chi connectivity index (χ0v) is 17.3. The van der Waals surface area contributed by atoms with Crippen LogP contribution in [0.5, 0.6) is 0 Å². The Hall–Kier alpha value is -3.63. The highest BCUT2D eigenvalue weighted by Crippen LogP contribution is 2.28. The normalized spacial score (nSPS) is 12.3. The maximum Gasteiger partial charge on any atom is 0.419 e. The van der Waals surface area contributed by atoms with Gasteiger partial charge in [0.05, 0.1) is 11.1 Å². The Morgan fingerprint density at radius 1 is 1.12 bits per heavy atom. The standard InChI is InChI=1S/C21H20F4N6O/c1-3-31(13(2)10-28-20-29-11-14(12-30-20)21(23,24)25)19(32)16-6-5-15(22)9-17(16)18-26-7-4-8-27-18/h4-9,11-13H,3,10H2,1-2H3,(H,28,29,30)/t13-/m0/s1. The van der Waals surface area contributed by atoms with Crippen molar-refractivity contribution in [2.24, 2.45) is 0 Å². The number of hydrogen-bond donors (Lipinski definition) is 1. The van der Waals surface area contributed by atoms with Crippen LogP contribution in [0, 0.1) is 5.82 Å². The number of halogens is 4. The van der Waals surface area contributed by atoms with Crippen LogP contribution in [0.15, 0.2) is 49.1 Å². The van der Waals surface area contributed by atoms with Crippen LogP contribution < -0.4 is 5.32 Å². The van der Waals surface area contributed by atoms with E-state index in [0.717, 1.165) is 0 Å². The molecule has 2 heterocycles. The minimum absolute atomic E-state index is 0.00788. The Balaban J connectivity index is 1.76. The third kappa shape index (κ3) is 5.34. The highest BCUT2D eigenvalue weighted by atomic mass is 19.4. The van der Waals surface area contributed by atoms with Crippen molar-refractivity contribution in [2.45, 2.75) is 26.1 Å². The molecule has 0 aliphatic heterocycles. The van der Waals surface area contributed by atoms with Crippen LogP contribution in [0.2, 0.25) is 0 Å². The molecule has 0 aliphatic carbocycles. The van der Waals surface area contributed by atoms with Crippen LogP contribution in [0.4, 0.5) is 23.5 Å². The number of benzene rings is 1. The maximum absolute atomic E-state index is 13.9. The van der Waals surface area contributed by atoms with Crippen molar-refractivity contribution in [1.29, 1.82) is 0 Å². The summed E-state index contributed by atoms with van der Waals surface area (Å²) in [5.41, 5.74) is -0.453. The first-order chi connectivity index (χ1) is 15.2. The molecule has 168 valence electrons. The van der Waals surface area contributed by atoms with E-state index >= 15 is 0 Å². The SMILES string of the molecule is CCN(C(=O)c1ccc(F)cc1-c1ncccn1)[C@@H](C)CNc1ncc(C(F)(F)F)cn1. The van der Waals surface area contributed by atoms with Gasteiger partial charge in [0.25, 0.3) is 5.91 Å². The Kier molecular flexibility index (Phi) is 6.96. The van der Waals surface area contributed by atoms with Gasteiger partial charge in [-0.05, 0) is 38.1 Å². The Bertz CT molecular complexity index is 1060. The van der Waals surface area contributed by atoms with Gasteiger partial charge in [0.15, 0.2) is 5.82 Å². The van der Waals surface area contributed by atoms with Gasteiger partial charge < -0.3 is 10.2 Å². The lowest BCUT2D eigenvalue weighted by atomic mass is 10.0. The largest absolute Gasteiger partial charge is 0.419 e. The van der Waals surface area contributed by atoms with Crippen molar-refractivity contribution in [1.82, 2.24) is 24.8 Å². The van der Waals surface area contributed by atoms with Gasteiger partial charge in [0.2, 0.25) is 5.95 Å². The molecule has 1 amide bonds. The summed E-state index contributed by atoms with van der Waals surface area (Å²) in [7, 11) is 0. The lowest BCUT2D eigenvalue weighted by Gasteiger charge is -2.29. The molecule has 0 saturated carbocycles. The number of alkyl halides is 3. The molecular formula is C21H20F4N6O. The van der Waals surface area contributed by atoms with E-state index in [0.29, 0.717) is 18.9 Å². The molecule has 2 aromatic heterocycles. The third-order valence-electron chi connectivity index (χ3n) is 4.69. The van der Waals surface area contributed by atoms with Crippen molar-refractivity contribution in [3.05, 3.63) is 66.0 Å². The summed E-state index contributed by atoms with van der Waals surface area (Å²) in [6, 6.07) is 5.00. The minimum atomic E-state index is -4.52. The predicted octanol–water partition coefficient (Wildman–Crippen LogP) is 4.05. The van der Waals surface area contributed by atoms with Gasteiger partial charge in [-0.3, -0.25) is 4.79 Å². The fraction of sp³-hybridized carbons (Fsp3) is 0.286. The minimum Gasteiger partial charge on any atom is -0.352 e. The molecule has 3 aromatic rings. The van der Waals surface area contributed by atoms with E-state index < -0.39 is 17.6 Å². The monoisotopic (exact) mass is 448 g/mol. The average molecular weight is 448 g/mol. The van der Waals surface area contributed by atoms with Crippen molar-refractivity contribution >= 4 is 11.9 Å². The number of aromatic nitrogens is 4. The van der Waals surface area contributed by atoms with Crippen LogP contribution in [0.25, 0.3) is 11.4 Å². The molecule has 11 heteroatoms. The summed E-state index contributed by atoms with van der Waals surface area (Å²) in [4.78, 5) is 30.3. The highest BCUT2D eigenvalue weighted by Gasteiger charge is 2.31. The number of anilines is 1. The van der Waals surface area contributed by atoms with E-state index in [2.05, 4.69) is 25.3 Å². The van der Waals surface area contributed by atoms with Gasteiger partial charge in [-0.25, -0.2) is 24.3 Å². The van der Waals surface area contributed by atoms with E-state index in [1.54, 1.807) is 19.9 Å². The molecule has 0 fully saturated rings. The number of carbonyl (C=O) groups is 1. The second kappa shape index (κ2) is 9.67. The quantitative estimate of drug-likeness (QED) is 0.549. The first kappa shape index (κ1) is 23.0. The van der Waals surface area contributed by atoms with Crippen molar-refractivity contribution in [3.63, 3.8) is 0 Å². The second-order valence-corrected chi connectivity index (χ2v) is 6.88. The molecular weight excluding hydrogens is 428 g/mol. The number of nitrogens with one attached hydrogen (secondary N) is 1. The van der Waals surface area contributed by atoms with Crippen LogP contribution in [-0.4, -0.2) is 49.9 Å². The molecule has 1 aromatic carbocycles. The lowest BCUT2D eigenvalue weighted by molar-refractivity contribution is -0.138. The zero-order valence-electron chi connectivity index (χ0n) is 17.3. The average Bonchev–Trinajstić information content (AvgIpc) is 2.78. The molecule has 3 rings (SSSR count). The maximum atomic E-state index is 13.9. The van der Waals surface area contributed by atoms with E-state index in [1.165, 1.54) is 35.5 Å². The predicted molar refractivity (Wildman–Crippen MR) is 109 cm³/mol. The smallest absolute Gasteiger partial charge is 0.352 e. The topological polar surface area (TPSA) is 83.9 Å². The third-order valence-corrected chi connectivity index (χ3v) is 4.69. The van der Waals surface area contributed by atoms with Gasteiger partial charge in [-0.1, -0.05) is 0 Å². The van der Waals surface area contributed by atoms with Gasteiger partial charge >= 0.3 is 6.18 Å². The Morgan fingerprint density at radius 3 is 2.38 bits per heavy atom. The van der Waals surface area contributed by atoms with E-state index in [4.69, 9.17) is 0 Å². The summed E-state index contributed by atoms with van der Waals surface area (Å²) >= 11 is 0. The summed E-state index contributed by atoms with van der Waals surface area (Å²) < 4.78 is 51.8. The molecule has 7 nitrogen and oxygen atoms in total. The molecule has 0 bridgehead atoms. The van der Waals surface area contributed by atoms with Crippen molar-refractivity contribution in [2.75, 3.05) is 18.4 Å². The Labute approximate surface area is 181 Å². The summed E-state index contributed by atoms with van der Waals surface area (Å²) in [6.45, 7) is 4.07. The molecule has 32 heavy (non-hydrogen) atoms. The van der Waals surface area contributed by atoms with Crippen LogP contribution >= 0.6 is 0 Å². The Morgan fingerprint density at radius 2 is 1.78 bits per heavy atom. The summed E-state index contributed by atoms with van der Waals surface area (Å²) in [5.74, 6) is -0.664. The van der Waals surface area contributed by atoms with Crippen LogP contribution in [0.1, 0.15) is 29.8 Å². The number of amides is 1. The van der Waals surface area contributed by atoms with E-state index in [1.807, 2.05) is 0 Å². The molecule has 0 unspecified atom stereocenters. The van der Waals surface area contributed by atoms with Crippen LogP contribution in [0.3, 0.4) is 0 Å². The summed E-state index contributed by atoms with van der Waals surface area (Å²) in [6.07, 6.45) is -0.154.